The second kappa shape index (κ2) is 8.47. The second-order valence-corrected chi connectivity index (χ2v) is 7.38. The molecule has 1 N–H and O–H groups in total. The van der Waals surface area contributed by atoms with Crippen molar-refractivity contribution in [3.8, 4) is 5.75 Å². The number of amides is 1. The van der Waals surface area contributed by atoms with E-state index < -0.39 is 0 Å². The van der Waals surface area contributed by atoms with Crippen LogP contribution in [0, 0.1) is 12.7 Å². The van der Waals surface area contributed by atoms with E-state index in [9.17, 15) is 14.0 Å². The Bertz CT molecular complexity index is 1320. The van der Waals surface area contributed by atoms with Crippen molar-refractivity contribution in [2.24, 2.45) is 0 Å². The number of carbonyl (C=O) groups is 1. The zero-order valence-electron chi connectivity index (χ0n) is 17.3. The van der Waals surface area contributed by atoms with Crippen LogP contribution in [0.25, 0.3) is 10.9 Å². The van der Waals surface area contributed by atoms with Crippen molar-refractivity contribution in [1.82, 2.24) is 9.13 Å². The highest BCUT2D eigenvalue weighted by molar-refractivity contribution is 5.92. The molecule has 0 saturated carbocycles. The molecule has 2 aromatic heterocycles. The number of fused-ring (bicyclic) bond motifs is 1. The Kier molecular flexibility index (Phi) is 5.58. The molecule has 0 bridgehead atoms. The maximum Gasteiger partial charge on any atom is 0.275 e. The maximum atomic E-state index is 13.5. The van der Waals surface area contributed by atoms with Crippen LogP contribution >= 0.6 is 0 Å². The van der Waals surface area contributed by atoms with Gasteiger partial charge in [-0.05, 0) is 54.4 Å². The van der Waals surface area contributed by atoms with Crippen LogP contribution in [0.5, 0.6) is 5.75 Å². The van der Waals surface area contributed by atoms with Crippen LogP contribution in [0.3, 0.4) is 0 Å². The van der Waals surface area contributed by atoms with Crippen molar-refractivity contribution in [2.75, 3.05) is 12.4 Å². The van der Waals surface area contributed by atoms with Crippen molar-refractivity contribution >= 4 is 22.5 Å². The number of anilines is 1. The van der Waals surface area contributed by atoms with Crippen LogP contribution in [0.4, 0.5) is 10.1 Å². The third kappa shape index (κ3) is 4.35. The van der Waals surface area contributed by atoms with Gasteiger partial charge in [0, 0.05) is 24.3 Å². The molecule has 0 spiro atoms. The van der Waals surface area contributed by atoms with E-state index in [0.29, 0.717) is 23.5 Å². The van der Waals surface area contributed by atoms with E-state index in [-0.39, 0.29) is 23.8 Å². The number of pyridine rings is 1. The Balaban J connectivity index is 1.60. The lowest BCUT2D eigenvalue weighted by Crippen LogP contribution is -2.28. The van der Waals surface area contributed by atoms with E-state index in [0.717, 1.165) is 16.5 Å². The van der Waals surface area contributed by atoms with E-state index in [4.69, 9.17) is 4.74 Å². The fraction of sp³-hybridized carbons (Fsp3) is 0.167. The second-order valence-electron chi connectivity index (χ2n) is 7.38. The Morgan fingerprint density at radius 2 is 1.84 bits per heavy atom. The smallest absolute Gasteiger partial charge is 0.275 e. The van der Waals surface area contributed by atoms with Gasteiger partial charge in [-0.15, -0.1) is 0 Å². The fourth-order valence-corrected chi connectivity index (χ4v) is 3.60. The van der Waals surface area contributed by atoms with Crippen LogP contribution in [0.2, 0.25) is 0 Å². The van der Waals surface area contributed by atoms with Gasteiger partial charge in [0.1, 0.15) is 23.6 Å². The number of benzene rings is 2. The van der Waals surface area contributed by atoms with Gasteiger partial charge in [0.2, 0.25) is 5.91 Å². The molecule has 0 unspecified atom stereocenters. The fourth-order valence-electron chi connectivity index (χ4n) is 3.60. The molecule has 2 heterocycles. The molecule has 0 radical (unpaired) electrons. The standard InChI is InChI=1S/C24H22FN3O3/c1-16-6-7-21(31-2)20(12-16)26-22(29)15-28-11-9-18-8-10-27(23(18)24(28)30)14-17-4-3-5-19(25)13-17/h3-13H,14-15H2,1-2H3,(H,26,29). The quantitative estimate of drug-likeness (QED) is 0.515. The summed E-state index contributed by atoms with van der Waals surface area (Å²) in [6, 6.07) is 15.4. The minimum absolute atomic E-state index is 0.142. The van der Waals surface area contributed by atoms with Crippen LogP contribution in [-0.4, -0.2) is 22.2 Å². The van der Waals surface area contributed by atoms with Gasteiger partial charge in [0.05, 0.1) is 12.8 Å². The molecule has 0 atom stereocenters. The van der Waals surface area contributed by atoms with Crippen LogP contribution < -0.4 is 15.6 Å². The maximum absolute atomic E-state index is 13.5. The molecular weight excluding hydrogens is 397 g/mol. The van der Waals surface area contributed by atoms with Gasteiger partial charge < -0.3 is 19.2 Å². The summed E-state index contributed by atoms with van der Waals surface area (Å²) in [5.74, 6) is -0.117. The molecule has 0 aliphatic rings. The number of rotatable bonds is 6. The van der Waals surface area contributed by atoms with Crippen LogP contribution in [0.1, 0.15) is 11.1 Å². The summed E-state index contributed by atoms with van der Waals surface area (Å²) >= 11 is 0. The Labute approximate surface area is 178 Å². The van der Waals surface area contributed by atoms with Gasteiger partial charge in [-0.2, -0.15) is 0 Å². The number of methoxy groups -OCH3 is 1. The minimum atomic E-state index is -0.339. The van der Waals surface area contributed by atoms with Gasteiger partial charge >= 0.3 is 0 Å². The molecule has 7 heteroatoms. The van der Waals surface area contributed by atoms with Crippen molar-refractivity contribution < 1.29 is 13.9 Å². The highest BCUT2D eigenvalue weighted by atomic mass is 19.1. The number of nitrogens with one attached hydrogen (secondary N) is 1. The van der Waals surface area contributed by atoms with Crippen molar-refractivity contribution in [2.45, 2.75) is 20.0 Å². The third-order valence-corrected chi connectivity index (χ3v) is 5.08. The predicted octanol–water partition coefficient (Wildman–Crippen LogP) is 3.95. The highest BCUT2D eigenvalue weighted by Gasteiger charge is 2.13. The molecule has 6 nitrogen and oxygen atoms in total. The number of aryl methyl sites for hydroxylation is 1. The Hall–Kier alpha value is -3.87. The lowest BCUT2D eigenvalue weighted by molar-refractivity contribution is -0.116. The number of halogens is 1. The number of hydrogen-bond acceptors (Lipinski definition) is 3. The third-order valence-electron chi connectivity index (χ3n) is 5.08. The van der Waals surface area contributed by atoms with E-state index in [1.54, 1.807) is 41.2 Å². The lowest BCUT2D eigenvalue weighted by atomic mass is 10.2. The largest absolute Gasteiger partial charge is 0.495 e. The summed E-state index contributed by atoms with van der Waals surface area (Å²) in [4.78, 5) is 25.7. The van der Waals surface area contributed by atoms with Crippen molar-refractivity contribution in [1.29, 1.82) is 0 Å². The summed E-state index contributed by atoms with van der Waals surface area (Å²) < 4.78 is 21.9. The molecule has 0 aliphatic heterocycles. The zero-order chi connectivity index (χ0) is 22.0. The first-order valence-corrected chi connectivity index (χ1v) is 9.82. The number of aromatic nitrogens is 2. The van der Waals surface area contributed by atoms with Gasteiger partial charge in [0.25, 0.3) is 5.56 Å². The summed E-state index contributed by atoms with van der Waals surface area (Å²) in [6.45, 7) is 2.13. The van der Waals surface area contributed by atoms with E-state index in [2.05, 4.69) is 5.32 Å². The molecule has 31 heavy (non-hydrogen) atoms. The minimum Gasteiger partial charge on any atom is -0.495 e. The summed E-state index contributed by atoms with van der Waals surface area (Å²) in [6.07, 6.45) is 3.39. The topological polar surface area (TPSA) is 65.3 Å². The molecule has 0 fully saturated rings. The average molecular weight is 419 g/mol. The number of nitrogens with zero attached hydrogens (tertiary/aromatic N) is 2. The molecule has 0 aliphatic carbocycles. The number of hydrogen-bond donors (Lipinski definition) is 1. The first-order valence-electron chi connectivity index (χ1n) is 9.82. The average Bonchev–Trinajstić information content (AvgIpc) is 3.14. The van der Waals surface area contributed by atoms with Gasteiger partial charge in [-0.1, -0.05) is 18.2 Å². The molecule has 0 saturated heterocycles. The summed E-state index contributed by atoms with van der Waals surface area (Å²) in [5.41, 5.74) is 2.45. The van der Waals surface area contributed by atoms with E-state index >= 15 is 0 Å². The monoisotopic (exact) mass is 419 g/mol. The summed E-state index contributed by atoms with van der Waals surface area (Å²) in [5, 5.41) is 3.57. The number of carbonyl (C=O) groups excluding carboxylic acids is 1. The Morgan fingerprint density at radius 1 is 1.06 bits per heavy atom. The molecule has 1 amide bonds. The van der Waals surface area contributed by atoms with Gasteiger partial charge in [-0.3, -0.25) is 9.59 Å². The molecule has 4 aromatic rings. The molecular formula is C24H22FN3O3. The molecule has 4 rings (SSSR count). The van der Waals surface area contributed by atoms with Crippen LogP contribution in [-0.2, 0) is 17.9 Å². The van der Waals surface area contributed by atoms with Crippen molar-refractivity contribution in [3.63, 3.8) is 0 Å². The Morgan fingerprint density at radius 3 is 2.58 bits per heavy atom. The number of ether oxygens (including phenoxy) is 1. The van der Waals surface area contributed by atoms with Gasteiger partial charge in [0.15, 0.2) is 0 Å². The normalized spacial score (nSPS) is 10.9. The van der Waals surface area contributed by atoms with E-state index in [1.165, 1.54) is 23.8 Å². The van der Waals surface area contributed by atoms with Crippen molar-refractivity contribution in [3.05, 3.63) is 94.3 Å². The predicted molar refractivity (Wildman–Crippen MR) is 118 cm³/mol. The highest BCUT2D eigenvalue weighted by Crippen LogP contribution is 2.25. The first kappa shape index (κ1) is 20.4. The van der Waals surface area contributed by atoms with Crippen LogP contribution in [0.15, 0.2) is 71.8 Å². The van der Waals surface area contributed by atoms with Gasteiger partial charge in [-0.25, -0.2) is 4.39 Å². The first-order chi connectivity index (χ1) is 14.9. The molecule has 158 valence electrons. The lowest BCUT2D eigenvalue weighted by Gasteiger charge is -2.12. The SMILES string of the molecule is COc1ccc(C)cc1NC(=O)Cn1ccc2ccn(Cc3cccc(F)c3)c2c1=O. The zero-order valence-corrected chi connectivity index (χ0v) is 17.3. The molecule has 2 aromatic carbocycles. The van der Waals surface area contributed by atoms with E-state index in [1.807, 2.05) is 25.1 Å². The summed E-state index contributed by atoms with van der Waals surface area (Å²) in [7, 11) is 1.53.